The van der Waals surface area contributed by atoms with Gasteiger partial charge in [0.05, 0.1) is 10.6 Å². The molecule has 0 saturated heterocycles. The Balaban J connectivity index is 2.11. The van der Waals surface area contributed by atoms with Crippen molar-refractivity contribution < 1.29 is 14.6 Å². The second-order valence-corrected chi connectivity index (χ2v) is 6.26. The van der Waals surface area contributed by atoms with E-state index in [4.69, 9.17) is 21.1 Å². The van der Waals surface area contributed by atoms with Crippen molar-refractivity contribution in [3.05, 3.63) is 22.7 Å². The summed E-state index contributed by atoms with van der Waals surface area (Å²) in [5, 5.41) is 14.0. The third kappa shape index (κ3) is 2.96. The predicted octanol–water partition coefficient (Wildman–Crippen LogP) is 2.71. The molecule has 0 radical (unpaired) electrons. The summed E-state index contributed by atoms with van der Waals surface area (Å²) in [6.07, 6.45) is 0. The monoisotopic (exact) mass is 285 g/mol. The highest BCUT2D eigenvalue weighted by Gasteiger charge is 2.34. The smallest absolute Gasteiger partial charge is 0.231 e. The molecular weight excluding hydrogens is 266 g/mol. The van der Waals surface area contributed by atoms with Gasteiger partial charge in [0.2, 0.25) is 6.79 Å². The lowest BCUT2D eigenvalue weighted by Gasteiger charge is -2.38. The normalized spacial score (nSPS) is 14.8. The Morgan fingerprint density at radius 1 is 1.26 bits per heavy atom. The summed E-state index contributed by atoms with van der Waals surface area (Å²) in [6.45, 7) is 8.29. The van der Waals surface area contributed by atoms with Crippen molar-refractivity contribution in [1.82, 2.24) is 5.32 Å². The third-order valence-corrected chi connectivity index (χ3v) is 4.03. The number of hydrogen-bond acceptors (Lipinski definition) is 4. The lowest BCUT2D eigenvalue weighted by molar-refractivity contribution is -0.00531. The van der Waals surface area contributed by atoms with Crippen molar-refractivity contribution in [1.29, 1.82) is 0 Å². The van der Waals surface area contributed by atoms with Gasteiger partial charge in [-0.15, -0.1) is 0 Å². The summed E-state index contributed by atoms with van der Waals surface area (Å²) in [5.74, 6) is 1.28. The summed E-state index contributed by atoms with van der Waals surface area (Å²) >= 11 is 6.13. The zero-order valence-corrected chi connectivity index (χ0v) is 12.5. The van der Waals surface area contributed by atoms with E-state index in [0.29, 0.717) is 23.1 Å². The van der Waals surface area contributed by atoms with E-state index in [1.165, 1.54) is 0 Å². The zero-order valence-electron chi connectivity index (χ0n) is 11.7. The number of fused-ring (bicyclic) bond motifs is 1. The van der Waals surface area contributed by atoms with E-state index in [9.17, 15) is 5.11 Å². The largest absolute Gasteiger partial charge is 0.454 e. The van der Waals surface area contributed by atoms with Crippen molar-refractivity contribution in [2.45, 2.75) is 45.4 Å². The Kier molecular flexibility index (Phi) is 3.69. The first kappa shape index (κ1) is 14.4. The number of ether oxygens (including phenoxy) is 2. The minimum absolute atomic E-state index is 0.209. The second kappa shape index (κ2) is 4.85. The number of hydrogen-bond donors (Lipinski definition) is 2. The highest BCUT2D eigenvalue weighted by molar-refractivity contribution is 6.32. The molecule has 0 saturated carbocycles. The molecule has 5 heteroatoms. The van der Waals surface area contributed by atoms with Gasteiger partial charge in [0, 0.05) is 12.1 Å². The molecule has 1 heterocycles. The molecule has 4 nitrogen and oxygen atoms in total. The number of benzene rings is 1. The molecule has 1 aromatic rings. The fraction of sp³-hybridized carbons (Fsp3) is 0.571. The zero-order chi connectivity index (χ0) is 14.3. The van der Waals surface area contributed by atoms with Crippen LogP contribution in [0, 0.1) is 0 Å². The first-order valence-electron chi connectivity index (χ1n) is 6.26. The Hall–Kier alpha value is -0.970. The average molecular weight is 286 g/mol. The number of rotatable bonds is 4. The minimum atomic E-state index is -0.826. The molecule has 0 aliphatic carbocycles. The molecule has 0 atom stereocenters. The maximum Gasteiger partial charge on any atom is 0.231 e. The van der Waals surface area contributed by atoms with Crippen LogP contribution in [-0.2, 0) is 6.54 Å². The quantitative estimate of drug-likeness (QED) is 0.893. The maximum atomic E-state index is 10.1. The van der Waals surface area contributed by atoms with Crippen molar-refractivity contribution in [3.8, 4) is 11.5 Å². The van der Waals surface area contributed by atoms with E-state index in [1.54, 1.807) is 13.8 Å². The van der Waals surface area contributed by atoms with Gasteiger partial charge in [-0.1, -0.05) is 11.6 Å². The van der Waals surface area contributed by atoms with E-state index in [1.807, 2.05) is 26.0 Å². The Morgan fingerprint density at radius 3 is 2.58 bits per heavy atom. The van der Waals surface area contributed by atoms with Crippen LogP contribution >= 0.6 is 11.6 Å². The first-order chi connectivity index (χ1) is 8.71. The van der Waals surface area contributed by atoms with E-state index in [0.717, 1.165) is 5.56 Å². The van der Waals surface area contributed by atoms with Gasteiger partial charge in [0.1, 0.15) is 0 Å². The molecule has 0 fully saturated rings. The predicted molar refractivity (Wildman–Crippen MR) is 74.8 cm³/mol. The molecule has 2 N–H and O–H groups in total. The third-order valence-electron chi connectivity index (χ3n) is 3.75. The molecule has 19 heavy (non-hydrogen) atoms. The van der Waals surface area contributed by atoms with Crippen molar-refractivity contribution in [2.75, 3.05) is 6.79 Å². The molecule has 1 aliphatic rings. The molecule has 0 unspecified atom stereocenters. The summed E-state index contributed by atoms with van der Waals surface area (Å²) < 4.78 is 10.6. The van der Waals surface area contributed by atoms with Crippen LogP contribution < -0.4 is 14.8 Å². The van der Waals surface area contributed by atoms with Crippen LogP contribution in [0.4, 0.5) is 0 Å². The molecule has 106 valence electrons. The molecule has 0 aromatic heterocycles. The van der Waals surface area contributed by atoms with Gasteiger partial charge in [-0.3, -0.25) is 0 Å². The Bertz CT molecular complexity index is 480. The molecular formula is C14H20ClNO3. The van der Waals surface area contributed by atoms with E-state index < -0.39 is 11.1 Å². The SMILES string of the molecule is CC(C)(O)C(C)(C)NCc1cc(Cl)c2c(c1)OCO2. The van der Waals surface area contributed by atoms with Gasteiger partial charge in [0.15, 0.2) is 11.5 Å². The van der Waals surface area contributed by atoms with Gasteiger partial charge in [-0.2, -0.15) is 0 Å². The number of nitrogens with one attached hydrogen (secondary N) is 1. The van der Waals surface area contributed by atoms with Crippen LogP contribution in [0.15, 0.2) is 12.1 Å². The minimum Gasteiger partial charge on any atom is -0.454 e. The van der Waals surface area contributed by atoms with Crippen molar-refractivity contribution in [3.63, 3.8) is 0 Å². The molecule has 1 aliphatic heterocycles. The van der Waals surface area contributed by atoms with Gasteiger partial charge in [-0.05, 0) is 45.4 Å². The first-order valence-corrected chi connectivity index (χ1v) is 6.64. The average Bonchev–Trinajstić information content (AvgIpc) is 2.73. The van der Waals surface area contributed by atoms with Crippen LogP contribution in [0.3, 0.4) is 0 Å². The summed E-state index contributed by atoms with van der Waals surface area (Å²) in [4.78, 5) is 0. The van der Waals surface area contributed by atoms with Crippen LogP contribution in [0.1, 0.15) is 33.3 Å². The molecule has 0 bridgehead atoms. The molecule has 0 spiro atoms. The highest BCUT2D eigenvalue weighted by Crippen LogP contribution is 2.39. The number of halogens is 1. The highest BCUT2D eigenvalue weighted by atomic mass is 35.5. The van der Waals surface area contributed by atoms with Gasteiger partial charge in [-0.25, -0.2) is 0 Å². The van der Waals surface area contributed by atoms with Crippen LogP contribution in [0.5, 0.6) is 11.5 Å². The lowest BCUT2D eigenvalue weighted by Crippen LogP contribution is -2.55. The van der Waals surface area contributed by atoms with E-state index >= 15 is 0 Å². The maximum absolute atomic E-state index is 10.1. The lowest BCUT2D eigenvalue weighted by atomic mass is 9.86. The fourth-order valence-corrected chi connectivity index (χ4v) is 1.95. The second-order valence-electron chi connectivity index (χ2n) is 5.85. The topological polar surface area (TPSA) is 50.7 Å². The van der Waals surface area contributed by atoms with E-state index in [2.05, 4.69) is 5.32 Å². The van der Waals surface area contributed by atoms with E-state index in [-0.39, 0.29) is 6.79 Å². The summed E-state index contributed by atoms with van der Waals surface area (Å²) in [5.41, 5.74) is -0.255. The standard InChI is InChI=1S/C14H20ClNO3/c1-13(2,14(3,4)17)16-7-9-5-10(15)12-11(6-9)18-8-19-12/h5-6,16-17H,7-8H2,1-4H3. The summed E-state index contributed by atoms with van der Waals surface area (Å²) in [7, 11) is 0. The summed E-state index contributed by atoms with van der Waals surface area (Å²) in [6, 6.07) is 3.75. The van der Waals surface area contributed by atoms with Crippen LogP contribution in [0.25, 0.3) is 0 Å². The Morgan fingerprint density at radius 2 is 1.95 bits per heavy atom. The molecule has 0 amide bonds. The van der Waals surface area contributed by atoms with Crippen molar-refractivity contribution in [2.24, 2.45) is 0 Å². The van der Waals surface area contributed by atoms with Crippen molar-refractivity contribution >= 4 is 11.6 Å². The molecule has 1 aromatic carbocycles. The van der Waals surface area contributed by atoms with Gasteiger partial charge < -0.3 is 19.9 Å². The Labute approximate surface area is 118 Å². The van der Waals surface area contributed by atoms with Gasteiger partial charge >= 0.3 is 0 Å². The van der Waals surface area contributed by atoms with Crippen LogP contribution in [0.2, 0.25) is 5.02 Å². The number of aliphatic hydroxyl groups is 1. The molecule has 2 rings (SSSR count). The van der Waals surface area contributed by atoms with Crippen LogP contribution in [-0.4, -0.2) is 23.0 Å². The van der Waals surface area contributed by atoms with Gasteiger partial charge in [0.25, 0.3) is 0 Å². The fourth-order valence-electron chi connectivity index (χ4n) is 1.66.